The van der Waals surface area contributed by atoms with E-state index in [4.69, 9.17) is 16.7 Å². The fourth-order valence-corrected chi connectivity index (χ4v) is 1.33. The molecule has 0 saturated heterocycles. The second-order valence-corrected chi connectivity index (χ2v) is 4.14. The van der Waals surface area contributed by atoms with Crippen LogP contribution in [-0.4, -0.2) is 16.8 Å². The molecule has 0 atom stereocenters. The molecule has 0 aliphatic heterocycles. The molecule has 0 heterocycles. The van der Waals surface area contributed by atoms with Gasteiger partial charge in [0, 0.05) is 16.0 Å². The van der Waals surface area contributed by atoms with Gasteiger partial charge in [-0.05, 0) is 12.1 Å². The van der Waals surface area contributed by atoms with Crippen molar-refractivity contribution in [1.82, 2.24) is 0 Å². The SMILES string of the molecule is CC(C)(CO)c1ccc(Cl)cc1O. The van der Waals surface area contributed by atoms with Gasteiger partial charge in [0.25, 0.3) is 0 Å². The lowest BCUT2D eigenvalue weighted by molar-refractivity contribution is 0.215. The average Bonchev–Trinajstić information content (AvgIpc) is 2.03. The number of rotatable bonds is 2. The van der Waals surface area contributed by atoms with E-state index in [2.05, 4.69) is 0 Å². The number of hydrogen-bond acceptors (Lipinski definition) is 2. The molecule has 0 bridgehead atoms. The van der Waals surface area contributed by atoms with Gasteiger partial charge in [0.2, 0.25) is 0 Å². The fourth-order valence-electron chi connectivity index (χ4n) is 1.16. The van der Waals surface area contributed by atoms with Crippen LogP contribution in [0.25, 0.3) is 0 Å². The first kappa shape index (κ1) is 10.4. The number of phenols is 1. The number of aromatic hydroxyl groups is 1. The van der Waals surface area contributed by atoms with Gasteiger partial charge in [0.05, 0.1) is 6.61 Å². The Morgan fingerprint density at radius 2 is 2.00 bits per heavy atom. The highest BCUT2D eigenvalue weighted by molar-refractivity contribution is 6.30. The molecule has 3 heteroatoms. The lowest BCUT2D eigenvalue weighted by Crippen LogP contribution is -2.21. The zero-order chi connectivity index (χ0) is 10.1. The largest absolute Gasteiger partial charge is 0.508 e. The van der Waals surface area contributed by atoms with Gasteiger partial charge in [-0.25, -0.2) is 0 Å². The van der Waals surface area contributed by atoms with Crippen LogP contribution in [0.15, 0.2) is 18.2 Å². The molecule has 0 fully saturated rings. The van der Waals surface area contributed by atoms with Crippen molar-refractivity contribution in [2.45, 2.75) is 19.3 Å². The van der Waals surface area contributed by atoms with Crippen molar-refractivity contribution in [3.8, 4) is 5.75 Å². The first-order chi connectivity index (χ1) is 5.97. The first-order valence-corrected chi connectivity index (χ1v) is 4.45. The summed E-state index contributed by atoms with van der Waals surface area (Å²) in [5, 5.41) is 19.2. The number of aliphatic hydroxyl groups excluding tert-OH is 1. The second-order valence-electron chi connectivity index (χ2n) is 3.70. The van der Waals surface area contributed by atoms with E-state index in [1.54, 1.807) is 12.1 Å². The summed E-state index contributed by atoms with van der Waals surface area (Å²) in [6.07, 6.45) is 0. The van der Waals surface area contributed by atoms with Crippen LogP contribution < -0.4 is 0 Å². The van der Waals surface area contributed by atoms with Gasteiger partial charge in [-0.2, -0.15) is 0 Å². The van der Waals surface area contributed by atoms with Crippen LogP contribution in [0.4, 0.5) is 0 Å². The van der Waals surface area contributed by atoms with Crippen LogP contribution in [-0.2, 0) is 5.41 Å². The van der Waals surface area contributed by atoms with E-state index in [0.29, 0.717) is 10.6 Å². The molecule has 0 aliphatic carbocycles. The quantitative estimate of drug-likeness (QED) is 0.769. The molecule has 0 aliphatic rings. The monoisotopic (exact) mass is 200 g/mol. The van der Waals surface area contributed by atoms with Gasteiger partial charge < -0.3 is 10.2 Å². The van der Waals surface area contributed by atoms with E-state index in [1.165, 1.54) is 6.07 Å². The fraction of sp³-hybridized carbons (Fsp3) is 0.400. The highest BCUT2D eigenvalue weighted by Crippen LogP contribution is 2.32. The molecule has 1 rings (SSSR count). The summed E-state index contributed by atoms with van der Waals surface area (Å²) in [4.78, 5) is 0. The predicted octanol–water partition coefficient (Wildman–Crippen LogP) is 2.32. The number of hydrogen-bond donors (Lipinski definition) is 2. The summed E-state index contributed by atoms with van der Waals surface area (Å²) >= 11 is 5.69. The zero-order valence-corrected chi connectivity index (χ0v) is 8.47. The molecule has 72 valence electrons. The molecule has 0 saturated carbocycles. The normalized spacial score (nSPS) is 11.7. The molecule has 2 nitrogen and oxygen atoms in total. The Bertz CT molecular complexity index is 308. The number of halogens is 1. The van der Waals surface area contributed by atoms with Crippen molar-refractivity contribution in [2.24, 2.45) is 0 Å². The molecular formula is C10H13ClO2. The molecule has 0 amide bonds. The van der Waals surface area contributed by atoms with Crippen molar-refractivity contribution in [1.29, 1.82) is 0 Å². The number of phenolic OH excluding ortho intramolecular Hbond substituents is 1. The summed E-state index contributed by atoms with van der Waals surface area (Å²) in [7, 11) is 0. The Balaban J connectivity index is 3.16. The Hall–Kier alpha value is -0.730. The minimum Gasteiger partial charge on any atom is -0.508 e. The second kappa shape index (κ2) is 3.56. The molecule has 0 aromatic heterocycles. The number of aliphatic hydroxyl groups is 1. The Kier molecular flexibility index (Phi) is 2.84. The van der Waals surface area contributed by atoms with E-state index in [1.807, 2.05) is 13.8 Å². The predicted molar refractivity (Wildman–Crippen MR) is 53.2 cm³/mol. The van der Waals surface area contributed by atoms with Gasteiger partial charge in [0.15, 0.2) is 0 Å². The molecule has 1 aromatic rings. The van der Waals surface area contributed by atoms with E-state index < -0.39 is 5.41 Å². The van der Waals surface area contributed by atoms with Gasteiger partial charge >= 0.3 is 0 Å². The lowest BCUT2D eigenvalue weighted by atomic mass is 9.85. The number of benzene rings is 1. The van der Waals surface area contributed by atoms with Crippen LogP contribution in [0.3, 0.4) is 0 Å². The van der Waals surface area contributed by atoms with Crippen LogP contribution in [0.2, 0.25) is 5.02 Å². The van der Waals surface area contributed by atoms with E-state index in [-0.39, 0.29) is 12.4 Å². The van der Waals surface area contributed by atoms with E-state index in [9.17, 15) is 5.11 Å². The topological polar surface area (TPSA) is 40.5 Å². The van der Waals surface area contributed by atoms with Crippen molar-refractivity contribution >= 4 is 11.6 Å². The summed E-state index contributed by atoms with van der Waals surface area (Å²) < 4.78 is 0. The molecule has 0 unspecified atom stereocenters. The standard InChI is InChI=1S/C10H13ClO2/c1-10(2,6-12)8-4-3-7(11)5-9(8)13/h3-5,12-13H,6H2,1-2H3. The third-order valence-corrected chi connectivity index (χ3v) is 2.32. The van der Waals surface area contributed by atoms with Crippen LogP contribution in [0.1, 0.15) is 19.4 Å². The van der Waals surface area contributed by atoms with Crippen molar-refractivity contribution in [3.05, 3.63) is 28.8 Å². The Morgan fingerprint density at radius 3 is 2.46 bits per heavy atom. The highest BCUT2D eigenvalue weighted by Gasteiger charge is 2.22. The molecule has 0 spiro atoms. The zero-order valence-electron chi connectivity index (χ0n) is 7.71. The average molecular weight is 201 g/mol. The summed E-state index contributed by atoms with van der Waals surface area (Å²) in [5.41, 5.74) is 0.272. The first-order valence-electron chi connectivity index (χ1n) is 4.07. The maximum absolute atomic E-state index is 9.56. The summed E-state index contributed by atoms with van der Waals surface area (Å²) in [5.74, 6) is 0.131. The maximum Gasteiger partial charge on any atom is 0.120 e. The Morgan fingerprint density at radius 1 is 1.38 bits per heavy atom. The van der Waals surface area contributed by atoms with Gasteiger partial charge in [-0.1, -0.05) is 31.5 Å². The van der Waals surface area contributed by atoms with Gasteiger partial charge in [0.1, 0.15) is 5.75 Å². The molecule has 1 aromatic carbocycles. The molecular weight excluding hydrogens is 188 g/mol. The minimum absolute atomic E-state index is 0.0117. The summed E-state index contributed by atoms with van der Waals surface area (Å²) in [6, 6.07) is 4.91. The third kappa shape index (κ3) is 2.14. The Labute approximate surface area is 82.8 Å². The van der Waals surface area contributed by atoms with Gasteiger partial charge in [-0.15, -0.1) is 0 Å². The van der Waals surface area contributed by atoms with Crippen molar-refractivity contribution < 1.29 is 10.2 Å². The maximum atomic E-state index is 9.56. The molecule has 13 heavy (non-hydrogen) atoms. The van der Waals surface area contributed by atoms with Crippen molar-refractivity contribution in [3.63, 3.8) is 0 Å². The van der Waals surface area contributed by atoms with Crippen LogP contribution in [0, 0.1) is 0 Å². The molecule has 0 radical (unpaired) electrons. The van der Waals surface area contributed by atoms with Crippen LogP contribution in [0.5, 0.6) is 5.75 Å². The highest BCUT2D eigenvalue weighted by atomic mass is 35.5. The van der Waals surface area contributed by atoms with Crippen molar-refractivity contribution in [2.75, 3.05) is 6.61 Å². The van der Waals surface area contributed by atoms with E-state index in [0.717, 1.165) is 0 Å². The van der Waals surface area contributed by atoms with Crippen LogP contribution >= 0.6 is 11.6 Å². The minimum atomic E-state index is -0.436. The van der Waals surface area contributed by atoms with E-state index >= 15 is 0 Å². The summed E-state index contributed by atoms with van der Waals surface area (Å²) in [6.45, 7) is 3.70. The van der Waals surface area contributed by atoms with Gasteiger partial charge in [-0.3, -0.25) is 0 Å². The molecule has 2 N–H and O–H groups in total. The third-order valence-electron chi connectivity index (χ3n) is 2.08. The lowest BCUT2D eigenvalue weighted by Gasteiger charge is -2.23. The smallest absolute Gasteiger partial charge is 0.120 e.